The van der Waals surface area contributed by atoms with Gasteiger partial charge < -0.3 is 15.0 Å². The third kappa shape index (κ3) is 2.96. The van der Waals surface area contributed by atoms with Crippen molar-refractivity contribution >= 4 is 0 Å². The first-order chi connectivity index (χ1) is 7.81. The van der Waals surface area contributed by atoms with Crippen LogP contribution in [0.5, 0.6) is 0 Å². The van der Waals surface area contributed by atoms with Crippen LogP contribution in [-0.4, -0.2) is 50.3 Å². The molecule has 2 rings (SSSR count). The van der Waals surface area contributed by atoms with E-state index in [0.29, 0.717) is 6.10 Å². The zero-order chi connectivity index (χ0) is 11.4. The molecule has 0 aromatic carbocycles. The molecule has 0 amide bonds. The van der Waals surface area contributed by atoms with Crippen molar-refractivity contribution in [2.45, 2.75) is 56.7 Å². The minimum atomic E-state index is 0.503. The van der Waals surface area contributed by atoms with Gasteiger partial charge in [0.15, 0.2) is 0 Å². The normalized spacial score (nSPS) is 33.2. The van der Waals surface area contributed by atoms with Gasteiger partial charge in [-0.05, 0) is 58.7 Å². The number of nitrogens with zero attached hydrogens (tertiary/aromatic N) is 1. The van der Waals surface area contributed by atoms with Crippen molar-refractivity contribution in [1.29, 1.82) is 0 Å². The Morgan fingerprint density at radius 1 is 1.06 bits per heavy atom. The third-order valence-corrected chi connectivity index (χ3v) is 4.39. The van der Waals surface area contributed by atoms with Crippen LogP contribution in [0.25, 0.3) is 0 Å². The van der Waals surface area contributed by atoms with E-state index in [1.807, 2.05) is 7.11 Å². The van der Waals surface area contributed by atoms with Gasteiger partial charge in [0.1, 0.15) is 0 Å². The molecule has 3 nitrogen and oxygen atoms in total. The number of ether oxygens (including phenoxy) is 1. The van der Waals surface area contributed by atoms with Gasteiger partial charge in [-0.25, -0.2) is 0 Å². The summed E-state index contributed by atoms with van der Waals surface area (Å²) in [5.41, 5.74) is 0. The maximum atomic E-state index is 5.52. The molecular weight excluding hydrogens is 200 g/mol. The summed E-state index contributed by atoms with van der Waals surface area (Å²) in [6.07, 6.45) is 8.31. The fraction of sp³-hybridized carbons (Fsp3) is 1.00. The van der Waals surface area contributed by atoms with E-state index in [0.717, 1.165) is 12.1 Å². The molecule has 0 bridgehead atoms. The van der Waals surface area contributed by atoms with Crippen molar-refractivity contribution in [2.24, 2.45) is 0 Å². The maximum Gasteiger partial charge on any atom is 0.0586 e. The average molecular weight is 226 g/mol. The van der Waals surface area contributed by atoms with Gasteiger partial charge in [0.25, 0.3) is 0 Å². The van der Waals surface area contributed by atoms with E-state index in [-0.39, 0.29) is 0 Å². The van der Waals surface area contributed by atoms with Gasteiger partial charge in [-0.2, -0.15) is 0 Å². The fourth-order valence-corrected chi connectivity index (χ4v) is 3.22. The molecule has 1 N–H and O–H groups in total. The Labute approximate surface area is 99.5 Å². The fourth-order valence-electron chi connectivity index (χ4n) is 3.22. The summed E-state index contributed by atoms with van der Waals surface area (Å²) in [7, 11) is 4.18. The van der Waals surface area contributed by atoms with Crippen molar-refractivity contribution in [3.8, 4) is 0 Å². The molecule has 1 aliphatic carbocycles. The summed E-state index contributed by atoms with van der Waals surface area (Å²) in [6, 6.07) is 1.55. The van der Waals surface area contributed by atoms with E-state index in [1.54, 1.807) is 0 Å². The molecule has 2 unspecified atom stereocenters. The Kier molecular flexibility index (Phi) is 4.62. The van der Waals surface area contributed by atoms with Crippen LogP contribution in [0, 0.1) is 0 Å². The van der Waals surface area contributed by atoms with E-state index in [4.69, 9.17) is 4.74 Å². The molecule has 0 aromatic heterocycles. The predicted molar refractivity (Wildman–Crippen MR) is 66.7 cm³/mol. The monoisotopic (exact) mass is 226 g/mol. The molecular formula is C13H26N2O. The van der Waals surface area contributed by atoms with Gasteiger partial charge in [-0.15, -0.1) is 0 Å². The Morgan fingerprint density at radius 2 is 1.81 bits per heavy atom. The van der Waals surface area contributed by atoms with Crippen molar-refractivity contribution in [2.75, 3.05) is 27.2 Å². The van der Waals surface area contributed by atoms with Crippen LogP contribution < -0.4 is 5.32 Å². The van der Waals surface area contributed by atoms with Gasteiger partial charge in [0.05, 0.1) is 6.10 Å². The minimum Gasteiger partial charge on any atom is -0.381 e. The number of nitrogens with one attached hydrogen (secondary N) is 1. The summed E-state index contributed by atoms with van der Waals surface area (Å²) in [4.78, 5) is 2.63. The van der Waals surface area contributed by atoms with Crippen LogP contribution in [0.4, 0.5) is 0 Å². The lowest BCUT2D eigenvalue weighted by molar-refractivity contribution is 0.0195. The number of hydrogen-bond donors (Lipinski definition) is 1. The molecule has 2 aliphatic rings. The SMILES string of the molecule is COC1CCCC(N(C)C2CCNCC2)C1. The zero-order valence-electron chi connectivity index (χ0n) is 10.7. The van der Waals surface area contributed by atoms with Gasteiger partial charge in [-0.1, -0.05) is 0 Å². The Morgan fingerprint density at radius 3 is 2.50 bits per heavy atom. The number of rotatable bonds is 3. The molecule has 1 aliphatic heterocycles. The summed E-state index contributed by atoms with van der Waals surface area (Å²) < 4.78 is 5.52. The lowest BCUT2D eigenvalue weighted by Crippen LogP contribution is -2.48. The number of hydrogen-bond acceptors (Lipinski definition) is 3. The molecule has 0 spiro atoms. The van der Waals surface area contributed by atoms with E-state index in [1.165, 1.54) is 51.6 Å². The standard InChI is InChI=1S/C13H26N2O/c1-15(11-6-8-14-9-7-11)12-4-3-5-13(10-12)16-2/h11-14H,3-10H2,1-2H3. The first-order valence-corrected chi connectivity index (χ1v) is 6.76. The van der Waals surface area contributed by atoms with Crippen molar-refractivity contribution < 1.29 is 4.74 Å². The summed E-state index contributed by atoms with van der Waals surface area (Å²) >= 11 is 0. The van der Waals surface area contributed by atoms with Crippen LogP contribution in [0.2, 0.25) is 0 Å². The minimum absolute atomic E-state index is 0.503. The van der Waals surface area contributed by atoms with Gasteiger partial charge in [0.2, 0.25) is 0 Å². The second kappa shape index (κ2) is 5.99. The Bertz CT molecular complexity index is 204. The van der Waals surface area contributed by atoms with E-state index in [2.05, 4.69) is 17.3 Å². The van der Waals surface area contributed by atoms with E-state index >= 15 is 0 Å². The average Bonchev–Trinajstić information content (AvgIpc) is 2.39. The molecule has 1 saturated carbocycles. The highest BCUT2D eigenvalue weighted by molar-refractivity contribution is 4.85. The third-order valence-electron chi connectivity index (χ3n) is 4.39. The number of methoxy groups -OCH3 is 1. The highest BCUT2D eigenvalue weighted by Gasteiger charge is 2.29. The summed E-state index contributed by atoms with van der Waals surface area (Å²) in [5, 5.41) is 3.44. The molecule has 0 radical (unpaired) electrons. The lowest BCUT2D eigenvalue weighted by atomic mass is 9.90. The molecule has 0 aromatic rings. The second-order valence-electron chi connectivity index (χ2n) is 5.32. The lowest BCUT2D eigenvalue weighted by Gasteiger charge is -2.40. The zero-order valence-corrected chi connectivity index (χ0v) is 10.7. The maximum absolute atomic E-state index is 5.52. The molecule has 1 saturated heterocycles. The highest BCUT2D eigenvalue weighted by atomic mass is 16.5. The van der Waals surface area contributed by atoms with Gasteiger partial charge in [-0.3, -0.25) is 0 Å². The van der Waals surface area contributed by atoms with E-state index < -0.39 is 0 Å². The Hall–Kier alpha value is -0.120. The molecule has 2 fully saturated rings. The summed E-state index contributed by atoms with van der Waals surface area (Å²) in [5.74, 6) is 0. The first kappa shape index (κ1) is 12.3. The molecule has 1 heterocycles. The quantitative estimate of drug-likeness (QED) is 0.791. The van der Waals surface area contributed by atoms with Gasteiger partial charge >= 0.3 is 0 Å². The molecule has 2 atom stereocenters. The molecule has 16 heavy (non-hydrogen) atoms. The Balaban J connectivity index is 1.84. The van der Waals surface area contributed by atoms with E-state index in [9.17, 15) is 0 Å². The largest absolute Gasteiger partial charge is 0.381 e. The van der Waals surface area contributed by atoms with Crippen LogP contribution in [-0.2, 0) is 4.74 Å². The van der Waals surface area contributed by atoms with Crippen LogP contribution in [0.3, 0.4) is 0 Å². The van der Waals surface area contributed by atoms with Crippen LogP contribution in [0.15, 0.2) is 0 Å². The van der Waals surface area contributed by atoms with Crippen LogP contribution in [0.1, 0.15) is 38.5 Å². The first-order valence-electron chi connectivity index (χ1n) is 6.76. The van der Waals surface area contributed by atoms with Crippen molar-refractivity contribution in [3.63, 3.8) is 0 Å². The van der Waals surface area contributed by atoms with Gasteiger partial charge in [0, 0.05) is 19.2 Å². The predicted octanol–water partition coefficient (Wildman–Crippen LogP) is 1.63. The highest BCUT2D eigenvalue weighted by Crippen LogP contribution is 2.26. The molecule has 94 valence electrons. The van der Waals surface area contributed by atoms with Crippen LogP contribution >= 0.6 is 0 Å². The van der Waals surface area contributed by atoms with Crippen molar-refractivity contribution in [3.05, 3.63) is 0 Å². The number of piperidine rings is 1. The summed E-state index contributed by atoms with van der Waals surface area (Å²) in [6.45, 7) is 2.38. The van der Waals surface area contributed by atoms with Crippen molar-refractivity contribution in [1.82, 2.24) is 10.2 Å². The smallest absolute Gasteiger partial charge is 0.0586 e. The molecule has 3 heteroatoms. The topological polar surface area (TPSA) is 24.5 Å². The second-order valence-corrected chi connectivity index (χ2v) is 5.32.